The van der Waals surface area contributed by atoms with Gasteiger partial charge in [0.05, 0.1) is 18.6 Å². The number of Topliss-reactive ketones (excluding diaryl/α,β-unsaturated/α-hetero) is 1. The molecule has 0 atom stereocenters. The summed E-state index contributed by atoms with van der Waals surface area (Å²) in [6, 6.07) is 5.64. The Kier molecular flexibility index (Phi) is 2.44. The fraction of sp³-hybridized carbons (Fsp3) is 0.500. The molecule has 0 spiro atoms. The molecule has 3 nitrogen and oxygen atoms in total. The van der Waals surface area contributed by atoms with E-state index in [0.717, 1.165) is 49.2 Å². The highest BCUT2D eigenvalue weighted by atomic mass is 16.5. The number of fused-ring (bicyclic) bond motifs is 1. The molecule has 2 aliphatic rings. The highest BCUT2D eigenvalue weighted by molar-refractivity contribution is 6.02. The number of hydrogen-bond donors (Lipinski definition) is 1. The maximum Gasteiger partial charge on any atom is 0.171 e. The molecule has 0 amide bonds. The van der Waals surface area contributed by atoms with Crippen LogP contribution in [0, 0.1) is 5.41 Å². The molecule has 0 aromatic heterocycles. The Hall–Kier alpha value is -1.35. The van der Waals surface area contributed by atoms with Crippen LogP contribution < -0.4 is 4.74 Å². The highest BCUT2D eigenvalue weighted by Crippen LogP contribution is 2.48. The number of hydrogen-bond acceptors (Lipinski definition) is 3. The van der Waals surface area contributed by atoms with Crippen molar-refractivity contribution in [1.29, 1.82) is 0 Å². The minimum absolute atomic E-state index is 0.0284. The van der Waals surface area contributed by atoms with E-state index in [0.29, 0.717) is 0 Å². The van der Waals surface area contributed by atoms with E-state index < -0.39 is 5.41 Å². The molecule has 90 valence electrons. The summed E-state index contributed by atoms with van der Waals surface area (Å²) >= 11 is 0. The maximum absolute atomic E-state index is 12.2. The zero-order chi connectivity index (χ0) is 11.9. The third-order valence-corrected chi connectivity index (χ3v) is 3.81. The normalized spacial score (nSPS) is 20.3. The van der Waals surface area contributed by atoms with Gasteiger partial charge in [0, 0.05) is 5.56 Å². The number of carbonyl (C=O) groups excluding carboxylic acids is 1. The van der Waals surface area contributed by atoms with Crippen LogP contribution in [0.2, 0.25) is 0 Å². The fourth-order valence-electron chi connectivity index (χ4n) is 2.42. The molecular weight excluding hydrogens is 216 g/mol. The van der Waals surface area contributed by atoms with Gasteiger partial charge in [0.1, 0.15) is 5.75 Å². The van der Waals surface area contributed by atoms with Gasteiger partial charge in [-0.1, -0.05) is 0 Å². The van der Waals surface area contributed by atoms with Crippen LogP contribution in [0.4, 0.5) is 0 Å². The first kappa shape index (κ1) is 10.8. The van der Waals surface area contributed by atoms with Crippen LogP contribution in [0.5, 0.6) is 5.75 Å². The number of benzene rings is 1. The van der Waals surface area contributed by atoms with E-state index in [9.17, 15) is 9.90 Å². The van der Waals surface area contributed by atoms with E-state index in [2.05, 4.69) is 0 Å². The summed E-state index contributed by atoms with van der Waals surface area (Å²) < 4.78 is 5.53. The molecule has 1 aliphatic heterocycles. The summed E-state index contributed by atoms with van der Waals surface area (Å²) in [5, 5.41) is 9.28. The van der Waals surface area contributed by atoms with Crippen LogP contribution in [-0.4, -0.2) is 24.1 Å². The largest absolute Gasteiger partial charge is 0.493 e. The second-order valence-electron chi connectivity index (χ2n) is 5.04. The number of ether oxygens (including phenoxy) is 1. The van der Waals surface area contributed by atoms with Crippen molar-refractivity contribution in [2.45, 2.75) is 25.7 Å². The third kappa shape index (κ3) is 1.75. The van der Waals surface area contributed by atoms with E-state index in [1.807, 2.05) is 18.2 Å². The Morgan fingerprint density at radius 1 is 1.41 bits per heavy atom. The molecule has 1 aromatic carbocycles. The second-order valence-corrected chi connectivity index (χ2v) is 5.04. The number of rotatable bonds is 3. The maximum atomic E-state index is 12.2. The number of aliphatic hydroxyl groups is 1. The summed E-state index contributed by atoms with van der Waals surface area (Å²) in [6.07, 6.45) is 3.62. The molecule has 3 heteroatoms. The Balaban J connectivity index is 1.91. The molecule has 0 bridgehead atoms. The van der Waals surface area contributed by atoms with Crippen LogP contribution in [0.3, 0.4) is 0 Å². The summed E-state index contributed by atoms with van der Waals surface area (Å²) in [7, 11) is 0. The number of carbonyl (C=O) groups is 1. The molecule has 1 aliphatic carbocycles. The van der Waals surface area contributed by atoms with Gasteiger partial charge in [-0.2, -0.15) is 0 Å². The topological polar surface area (TPSA) is 46.5 Å². The third-order valence-electron chi connectivity index (χ3n) is 3.81. The van der Waals surface area contributed by atoms with Crippen LogP contribution in [0.25, 0.3) is 0 Å². The average Bonchev–Trinajstić information content (AvgIpc) is 3.18. The molecule has 0 saturated heterocycles. The molecule has 0 unspecified atom stereocenters. The summed E-state index contributed by atoms with van der Waals surface area (Å²) in [6.45, 7) is 0.736. The summed E-state index contributed by atoms with van der Waals surface area (Å²) in [5.74, 6) is 0.995. The minimum Gasteiger partial charge on any atom is -0.493 e. The standard InChI is InChI=1S/C14H16O3/c15-9-14(5-6-14)13(16)11-3-4-12-10(8-11)2-1-7-17-12/h3-4,8,15H,1-2,5-7,9H2. The van der Waals surface area contributed by atoms with Crippen molar-refractivity contribution in [3.05, 3.63) is 29.3 Å². The van der Waals surface area contributed by atoms with Gasteiger partial charge in [-0.05, 0) is 49.4 Å². The van der Waals surface area contributed by atoms with Crippen molar-refractivity contribution in [2.75, 3.05) is 13.2 Å². The van der Waals surface area contributed by atoms with Gasteiger partial charge < -0.3 is 9.84 Å². The Morgan fingerprint density at radius 3 is 2.94 bits per heavy atom. The lowest BCUT2D eigenvalue weighted by molar-refractivity contribution is 0.0829. The van der Waals surface area contributed by atoms with Crippen molar-refractivity contribution in [2.24, 2.45) is 5.41 Å². The van der Waals surface area contributed by atoms with Crippen LogP contribution in [0.1, 0.15) is 35.2 Å². The SMILES string of the molecule is O=C(c1ccc2c(c1)CCCO2)C1(CO)CC1. The van der Waals surface area contributed by atoms with Crippen LogP contribution in [0.15, 0.2) is 18.2 Å². The molecule has 1 N–H and O–H groups in total. The van der Waals surface area contributed by atoms with Gasteiger partial charge in [0.25, 0.3) is 0 Å². The van der Waals surface area contributed by atoms with Gasteiger partial charge in [0.2, 0.25) is 0 Å². The molecule has 0 radical (unpaired) electrons. The van der Waals surface area contributed by atoms with Crippen molar-refractivity contribution >= 4 is 5.78 Å². The average molecular weight is 232 g/mol. The van der Waals surface area contributed by atoms with E-state index in [4.69, 9.17) is 4.74 Å². The lowest BCUT2D eigenvalue weighted by atomic mass is 9.93. The van der Waals surface area contributed by atoms with Crippen LogP contribution in [-0.2, 0) is 6.42 Å². The Bertz CT molecular complexity index is 461. The number of aryl methyl sites for hydroxylation is 1. The van der Waals surface area contributed by atoms with E-state index >= 15 is 0 Å². The molecule has 1 heterocycles. The molecule has 17 heavy (non-hydrogen) atoms. The lowest BCUT2D eigenvalue weighted by Gasteiger charge is -2.18. The van der Waals surface area contributed by atoms with Crippen molar-refractivity contribution in [1.82, 2.24) is 0 Å². The second kappa shape index (κ2) is 3.84. The molecule has 3 rings (SSSR count). The highest BCUT2D eigenvalue weighted by Gasteiger charge is 2.49. The van der Waals surface area contributed by atoms with Crippen molar-refractivity contribution < 1.29 is 14.6 Å². The summed E-state index contributed by atoms with van der Waals surface area (Å²) in [4.78, 5) is 12.2. The number of ketones is 1. The smallest absolute Gasteiger partial charge is 0.171 e. The Labute approximate surface area is 100 Å². The first-order chi connectivity index (χ1) is 8.25. The summed E-state index contributed by atoms with van der Waals surface area (Å²) in [5.41, 5.74) is 1.38. The monoisotopic (exact) mass is 232 g/mol. The zero-order valence-electron chi connectivity index (χ0n) is 9.74. The van der Waals surface area contributed by atoms with Gasteiger partial charge in [-0.15, -0.1) is 0 Å². The molecule has 1 aromatic rings. The molecular formula is C14H16O3. The predicted octanol–water partition coefficient (Wildman–Crippen LogP) is 1.97. The number of aliphatic hydroxyl groups excluding tert-OH is 1. The molecule has 1 fully saturated rings. The van der Waals surface area contributed by atoms with E-state index in [1.54, 1.807) is 0 Å². The Morgan fingerprint density at radius 2 is 2.24 bits per heavy atom. The minimum atomic E-state index is -0.468. The van der Waals surface area contributed by atoms with Gasteiger partial charge in [0.15, 0.2) is 5.78 Å². The van der Waals surface area contributed by atoms with Crippen molar-refractivity contribution in [3.63, 3.8) is 0 Å². The lowest BCUT2D eigenvalue weighted by Crippen LogP contribution is -2.20. The molecule has 1 saturated carbocycles. The van der Waals surface area contributed by atoms with Crippen LogP contribution >= 0.6 is 0 Å². The van der Waals surface area contributed by atoms with Gasteiger partial charge in [-0.25, -0.2) is 0 Å². The zero-order valence-corrected chi connectivity index (χ0v) is 9.74. The van der Waals surface area contributed by atoms with E-state index in [1.165, 1.54) is 0 Å². The van der Waals surface area contributed by atoms with Crippen molar-refractivity contribution in [3.8, 4) is 5.75 Å². The first-order valence-corrected chi connectivity index (χ1v) is 6.17. The quantitative estimate of drug-likeness (QED) is 0.810. The van der Waals surface area contributed by atoms with Gasteiger partial charge >= 0.3 is 0 Å². The van der Waals surface area contributed by atoms with E-state index in [-0.39, 0.29) is 12.4 Å². The first-order valence-electron chi connectivity index (χ1n) is 6.17. The van der Waals surface area contributed by atoms with Gasteiger partial charge in [-0.3, -0.25) is 4.79 Å². The fourth-order valence-corrected chi connectivity index (χ4v) is 2.42. The predicted molar refractivity (Wildman–Crippen MR) is 63.3 cm³/mol.